The van der Waals surface area contributed by atoms with Crippen LogP contribution in [0, 0.1) is 12.8 Å². The van der Waals surface area contributed by atoms with Gasteiger partial charge in [-0.15, -0.1) is 0 Å². The van der Waals surface area contributed by atoms with Crippen LogP contribution in [0.2, 0.25) is 0 Å². The van der Waals surface area contributed by atoms with Gasteiger partial charge < -0.3 is 16.0 Å². The summed E-state index contributed by atoms with van der Waals surface area (Å²) in [7, 11) is 0. The van der Waals surface area contributed by atoms with Gasteiger partial charge in [0.1, 0.15) is 5.82 Å². The fraction of sp³-hybridized carbons (Fsp3) is 0.429. The summed E-state index contributed by atoms with van der Waals surface area (Å²) in [5, 5.41) is 15.8. The highest BCUT2D eigenvalue weighted by Crippen LogP contribution is 2.20. The molecule has 9 heteroatoms. The molecule has 30 heavy (non-hydrogen) atoms. The number of amides is 3. The van der Waals surface area contributed by atoms with Crippen LogP contribution >= 0.6 is 0 Å². The number of nitrogens with one attached hydrogen (secondary N) is 4. The summed E-state index contributed by atoms with van der Waals surface area (Å²) in [6, 6.07) is 10.7. The molecule has 3 atom stereocenters. The van der Waals surface area contributed by atoms with Crippen LogP contribution in [-0.2, 0) is 14.4 Å². The minimum absolute atomic E-state index is 0.0215. The molecule has 1 aliphatic heterocycles. The van der Waals surface area contributed by atoms with E-state index in [2.05, 4.69) is 26.4 Å². The van der Waals surface area contributed by atoms with E-state index in [1.165, 1.54) is 4.68 Å². The van der Waals surface area contributed by atoms with E-state index in [9.17, 15) is 14.4 Å². The number of nitrogens with zero attached hydrogens (tertiary/aromatic N) is 2. The molecule has 1 aliphatic rings. The molecule has 2 heterocycles. The third kappa shape index (κ3) is 5.04. The average Bonchev–Trinajstić information content (AvgIpc) is 3.08. The first-order chi connectivity index (χ1) is 14.2. The Labute approximate surface area is 175 Å². The summed E-state index contributed by atoms with van der Waals surface area (Å²) in [6.07, 6.45) is -0.246. The van der Waals surface area contributed by atoms with Gasteiger partial charge in [0.25, 0.3) is 0 Å². The number of carbonyl (C=O) groups is 3. The smallest absolute Gasteiger partial charge is 0.314 e. The molecule has 2 aromatic rings. The lowest BCUT2D eigenvalue weighted by molar-refractivity contribution is -0.136. The van der Waals surface area contributed by atoms with Crippen molar-refractivity contribution in [1.29, 1.82) is 0 Å². The summed E-state index contributed by atoms with van der Waals surface area (Å²) in [5.41, 5.74) is 1.54. The van der Waals surface area contributed by atoms with Crippen molar-refractivity contribution in [3.63, 3.8) is 0 Å². The predicted molar refractivity (Wildman–Crippen MR) is 112 cm³/mol. The Balaban J connectivity index is 1.70. The molecular weight excluding hydrogens is 384 g/mol. The molecule has 1 aromatic heterocycles. The van der Waals surface area contributed by atoms with E-state index < -0.39 is 18.1 Å². The molecule has 1 fully saturated rings. The molecule has 3 rings (SSSR count). The second-order valence-electron chi connectivity index (χ2n) is 7.87. The number of anilines is 1. The normalized spacial score (nSPS) is 19.8. The van der Waals surface area contributed by atoms with Crippen molar-refractivity contribution >= 4 is 23.5 Å². The lowest BCUT2D eigenvalue weighted by atomic mass is 9.99. The summed E-state index contributed by atoms with van der Waals surface area (Å²) >= 11 is 0. The molecule has 0 spiro atoms. The van der Waals surface area contributed by atoms with Crippen molar-refractivity contribution in [1.82, 2.24) is 25.7 Å². The standard InChI is InChI=1S/C21H28N6O3/c1-12(2)16-11-18(28)25-21(23-16)27-17(10-13(3)26-27)24-20(30)19(29)22-14(4)15-8-6-5-7-9-15/h5-10,12,14,16,21,23H,11H2,1-4H3,(H,22,29)(H,24,30)(H,25,28). The summed E-state index contributed by atoms with van der Waals surface area (Å²) < 4.78 is 1.48. The fourth-order valence-electron chi connectivity index (χ4n) is 3.34. The van der Waals surface area contributed by atoms with Gasteiger partial charge in [-0.3, -0.25) is 19.7 Å². The molecular formula is C21H28N6O3. The van der Waals surface area contributed by atoms with Gasteiger partial charge in [0.05, 0.1) is 11.7 Å². The van der Waals surface area contributed by atoms with Gasteiger partial charge in [-0.2, -0.15) is 5.10 Å². The molecule has 1 aromatic carbocycles. The molecule has 4 N–H and O–H groups in total. The molecule has 1 saturated heterocycles. The Morgan fingerprint density at radius 1 is 1.17 bits per heavy atom. The third-order valence-corrected chi connectivity index (χ3v) is 5.08. The van der Waals surface area contributed by atoms with Crippen LogP contribution in [0.25, 0.3) is 0 Å². The first-order valence-electron chi connectivity index (χ1n) is 10.0. The van der Waals surface area contributed by atoms with Crippen LogP contribution in [0.1, 0.15) is 50.8 Å². The Kier molecular flexibility index (Phi) is 6.51. The largest absolute Gasteiger partial charge is 0.341 e. The number of hydrogen-bond acceptors (Lipinski definition) is 5. The van der Waals surface area contributed by atoms with Crippen molar-refractivity contribution < 1.29 is 14.4 Å². The SMILES string of the molecule is Cc1cc(NC(=O)C(=O)NC(C)c2ccccc2)n(C2NC(=O)CC(C(C)C)N2)n1. The maximum absolute atomic E-state index is 12.5. The Morgan fingerprint density at radius 3 is 2.53 bits per heavy atom. The van der Waals surface area contributed by atoms with Crippen LogP contribution in [0.4, 0.5) is 5.82 Å². The van der Waals surface area contributed by atoms with E-state index in [-0.39, 0.29) is 23.9 Å². The second kappa shape index (κ2) is 9.08. The molecule has 9 nitrogen and oxygen atoms in total. The topological polar surface area (TPSA) is 117 Å². The van der Waals surface area contributed by atoms with Crippen molar-refractivity contribution in [3.8, 4) is 0 Å². The molecule has 3 unspecified atom stereocenters. The lowest BCUT2D eigenvalue weighted by Gasteiger charge is -2.34. The van der Waals surface area contributed by atoms with E-state index in [0.717, 1.165) is 5.56 Å². The van der Waals surface area contributed by atoms with Crippen LogP contribution in [0.3, 0.4) is 0 Å². The minimum Gasteiger partial charge on any atom is -0.341 e. The number of aromatic nitrogens is 2. The van der Waals surface area contributed by atoms with Crippen molar-refractivity contribution in [3.05, 3.63) is 47.7 Å². The van der Waals surface area contributed by atoms with Crippen LogP contribution < -0.4 is 21.3 Å². The highest BCUT2D eigenvalue weighted by Gasteiger charge is 2.31. The Morgan fingerprint density at radius 2 is 1.87 bits per heavy atom. The molecule has 0 radical (unpaired) electrons. The van der Waals surface area contributed by atoms with E-state index in [1.54, 1.807) is 13.0 Å². The Hall–Kier alpha value is -3.20. The van der Waals surface area contributed by atoms with E-state index in [1.807, 2.05) is 51.1 Å². The number of rotatable bonds is 5. The average molecular weight is 412 g/mol. The Bertz CT molecular complexity index is 924. The van der Waals surface area contributed by atoms with Crippen LogP contribution in [0.5, 0.6) is 0 Å². The number of aryl methyl sites for hydroxylation is 1. The molecule has 0 bridgehead atoms. The quantitative estimate of drug-likeness (QED) is 0.557. The van der Waals surface area contributed by atoms with Gasteiger partial charge in [-0.05, 0) is 25.3 Å². The third-order valence-electron chi connectivity index (χ3n) is 5.08. The highest BCUT2D eigenvalue weighted by atomic mass is 16.2. The maximum atomic E-state index is 12.5. The van der Waals surface area contributed by atoms with E-state index >= 15 is 0 Å². The van der Waals surface area contributed by atoms with E-state index in [0.29, 0.717) is 17.9 Å². The zero-order valence-corrected chi connectivity index (χ0v) is 17.6. The van der Waals surface area contributed by atoms with Crippen molar-refractivity contribution in [2.24, 2.45) is 5.92 Å². The molecule has 0 saturated carbocycles. The van der Waals surface area contributed by atoms with Gasteiger partial charge in [-0.25, -0.2) is 4.68 Å². The minimum atomic E-state index is -0.804. The number of benzene rings is 1. The predicted octanol–water partition coefficient (Wildman–Crippen LogP) is 1.60. The maximum Gasteiger partial charge on any atom is 0.314 e. The number of carbonyl (C=O) groups excluding carboxylic acids is 3. The number of hydrogen-bond donors (Lipinski definition) is 4. The van der Waals surface area contributed by atoms with Gasteiger partial charge in [0, 0.05) is 18.5 Å². The highest BCUT2D eigenvalue weighted by molar-refractivity contribution is 6.39. The van der Waals surface area contributed by atoms with Gasteiger partial charge in [0.2, 0.25) is 5.91 Å². The lowest BCUT2D eigenvalue weighted by Crippen LogP contribution is -2.55. The monoisotopic (exact) mass is 412 g/mol. The van der Waals surface area contributed by atoms with E-state index in [4.69, 9.17) is 0 Å². The summed E-state index contributed by atoms with van der Waals surface area (Å²) in [6.45, 7) is 7.64. The molecule has 3 amide bonds. The summed E-state index contributed by atoms with van der Waals surface area (Å²) in [4.78, 5) is 37.0. The first kappa shape index (κ1) is 21.5. The molecule has 0 aliphatic carbocycles. The van der Waals surface area contributed by atoms with Gasteiger partial charge >= 0.3 is 11.8 Å². The molecule has 160 valence electrons. The summed E-state index contributed by atoms with van der Waals surface area (Å²) in [5.74, 6) is -1.09. The fourth-order valence-corrected chi connectivity index (χ4v) is 3.34. The van der Waals surface area contributed by atoms with Crippen molar-refractivity contribution in [2.45, 2.75) is 52.5 Å². The van der Waals surface area contributed by atoms with Gasteiger partial charge in [0.15, 0.2) is 6.29 Å². The first-order valence-corrected chi connectivity index (χ1v) is 10.0. The van der Waals surface area contributed by atoms with Gasteiger partial charge in [-0.1, -0.05) is 44.2 Å². The van der Waals surface area contributed by atoms with Crippen LogP contribution in [0.15, 0.2) is 36.4 Å². The zero-order chi connectivity index (χ0) is 21.8. The van der Waals surface area contributed by atoms with Crippen molar-refractivity contribution in [2.75, 3.05) is 5.32 Å². The second-order valence-corrected chi connectivity index (χ2v) is 7.87. The van der Waals surface area contributed by atoms with Crippen LogP contribution in [-0.4, -0.2) is 33.5 Å². The zero-order valence-electron chi connectivity index (χ0n) is 17.6.